The maximum atomic E-state index is 13.5. The van der Waals surface area contributed by atoms with Gasteiger partial charge in [0.05, 0.1) is 25.9 Å². The van der Waals surface area contributed by atoms with Gasteiger partial charge in [0.15, 0.2) is 0 Å². The highest BCUT2D eigenvalue weighted by molar-refractivity contribution is 6.07. The van der Waals surface area contributed by atoms with Gasteiger partial charge in [-0.05, 0) is 18.9 Å². The predicted molar refractivity (Wildman–Crippen MR) is 83.5 cm³/mol. The van der Waals surface area contributed by atoms with Gasteiger partial charge in [0, 0.05) is 5.56 Å². The molecule has 3 rings (SSSR count). The molecule has 0 radical (unpaired) electrons. The number of rotatable bonds is 6. The number of β-amino-alcohol motifs (C(OH)–C–C–N with tert-alkyl or cyclic N) is 1. The molecule has 7 heteroatoms. The first kappa shape index (κ1) is 16.9. The van der Waals surface area contributed by atoms with Crippen molar-refractivity contribution in [3.05, 3.63) is 35.6 Å². The van der Waals surface area contributed by atoms with Crippen molar-refractivity contribution in [3.63, 3.8) is 0 Å². The Balaban J connectivity index is 1.50. The highest BCUT2D eigenvalue weighted by atomic mass is 19.1. The summed E-state index contributed by atoms with van der Waals surface area (Å²) in [5, 5.41) is 12.8. The molecule has 1 spiro atoms. The Morgan fingerprint density at radius 2 is 2.00 bits per heavy atom. The molecular formula is C17H21FN2O4. The monoisotopic (exact) mass is 336 g/mol. The highest BCUT2D eigenvalue weighted by Crippen LogP contribution is 2.35. The number of amides is 3. The fraction of sp³-hybridized carbons (Fsp3) is 0.529. The second kappa shape index (κ2) is 6.86. The van der Waals surface area contributed by atoms with Crippen LogP contribution < -0.4 is 5.32 Å². The summed E-state index contributed by atoms with van der Waals surface area (Å²) in [6, 6.07) is 5.76. The molecule has 6 nitrogen and oxygen atoms in total. The van der Waals surface area contributed by atoms with E-state index in [-0.39, 0.29) is 31.5 Å². The van der Waals surface area contributed by atoms with E-state index in [1.54, 1.807) is 18.2 Å². The number of benzene rings is 1. The van der Waals surface area contributed by atoms with Gasteiger partial charge in [-0.25, -0.2) is 9.18 Å². The predicted octanol–water partition coefficient (Wildman–Crippen LogP) is 1.57. The number of urea groups is 1. The van der Waals surface area contributed by atoms with E-state index >= 15 is 0 Å². The summed E-state index contributed by atoms with van der Waals surface area (Å²) >= 11 is 0. The number of hydrogen-bond acceptors (Lipinski definition) is 4. The summed E-state index contributed by atoms with van der Waals surface area (Å²) in [6.45, 7) is -0.185. The van der Waals surface area contributed by atoms with Crippen LogP contribution in [0.4, 0.5) is 9.18 Å². The molecule has 2 fully saturated rings. The van der Waals surface area contributed by atoms with Gasteiger partial charge >= 0.3 is 6.03 Å². The molecule has 1 saturated heterocycles. The zero-order valence-corrected chi connectivity index (χ0v) is 13.3. The summed E-state index contributed by atoms with van der Waals surface area (Å²) in [4.78, 5) is 25.5. The van der Waals surface area contributed by atoms with E-state index in [9.17, 15) is 19.1 Å². The second-order valence-electron chi connectivity index (χ2n) is 6.40. The van der Waals surface area contributed by atoms with E-state index in [1.807, 2.05) is 0 Å². The van der Waals surface area contributed by atoms with E-state index in [0.717, 1.165) is 17.7 Å². The Kier molecular flexibility index (Phi) is 4.82. The normalized spacial score (nSPS) is 20.7. The number of imide groups is 1. The molecule has 0 bridgehead atoms. The van der Waals surface area contributed by atoms with Crippen LogP contribution in [0.3, 0.4) is 0 Å². The summed E-state index contributed by atoms with van der Waals surface area (Å²) < 4.78 is 18.8. The highest BCUT2D eigenvalue weighted by Gasteiger charge is 2.52. The van der Waals surface area contributed by atoms with Gasteiger partial charge in [-0.3, -0.25) is 9.69 Å². The van der Waals surface area contributed by atoms with Gasteiger partial charge in [-0.1, -0.05) is 31.0 Å². The van der Waals surface area contributed by atoms with Crippen molar-refractivity contribution in [1.82, 2.24) is 10.2 Å². The van der Waals surface area contributed by atoms with Gasteiger partial charge in [-0.2, -0.15) is 0 Å². The summed E-state index contributed by atoms with van der Waals surface area (Å²) in [5.74, 6) is -0.637. The maximum Gasteiger partial charge on any atom is 0.325 e. The molecule has 1 atom stereocenters. The molecule has 24 heavy (non-hydrogen) atoms. The molecule has 1 heterocycles. The maximum absolute atomic E-state index is 13.5. The van der Waals surface area contributed by atoms with Crippen molar-refractivity contribution in [3.8, 4) is 0 Å². The Morgan fingerprint density at radius 3 is 2.71 bits per heavy atom. The number of aliphatic hydroxyl groups excluding tert-OH is 1. The summed E-state index contributed by atoms with van der Waals surface area (Å²) in [7, 11) is 0. The lowest BCUT2D eigenvalue weighted by Gasteiger charge is -2.21. The molecule has 3 amide bonds. The zero-order valence-electron chi connectivity index (χ0n) is 13.3. The summed E-state index contributed by atoms with van der Waals surface area (Å²) in [5.41, 5.74) is -0.380. The molecule has 1 saturated carbocycles. The third kappa shape index (κ3) is 3.27. The van der Waals surface area contributed by atoms with E-state index in [2.05, 4.69) is 5.32 Å². The lowest BCUT2D eigenvalue weighted by atomic mass is 9.98. The molecule has 2 aliphatic rings. The van der Waals surface area contributed by atoms with Gasteiger partial charge in [-0.15, -0.1) is 0 Å². The average molecular weight is 336 g/mol. The topological polar surface area (TPSA) is 78.9 Å². The van der Waals surface area contributed by atoms with Crippen LogP contribution in [0, 0.1) is 5.82 Å². The number of halogens is 1. The molecule has 0 aromatic heterocycles. The van der Waals surface area contributed by atoms with Crippen LogP contribution in [0.1, 0.15) is 31.2 Å². The van der Waals surface area contributed by atoms with Crippen molar-refractivity contribution in [2.75, 3.05) is 13.2 Å². The number of carbonyl (C=O) groups excluding carboxylic acids is 2. The van der Waals surface area contributed by atoms with Crippen LogP contribution in [-0.2, 0) is 16.1 Å². The zero-order chi connectivity index (χ0) is 17.2. The van der Waals surface area contributed by atoms with Crippen LogP contribution in [0.25, 0.3) is 0 Å². The van der Waals surface area contributed by atoms with Crippen molar-refractivity contribution in [2.24, 2.45) is 0 Å². The molecule has 1 aromatic carbocycles. The quantitative estimate of drug-likeness (QED) is 0.773. The van der Waals surface area contributed by atoms with Gasteiger partial charge in [0.2, 0.25) is 0 Å². The van der Waals surface area contributed by atoms with Gasteiger partial charge < -0.3 is 15.2 Å². The number of nitrogens with zero attached hydrogens (tertiary/aromatic N) is 1. The molecule has 1 aliphatic carbocycles. The van der Waals surface area contributed by atoms with Crippen LogP contribution in [-0.4, -0.2) is 46.7 Å². The van der Waals surface area contributed by atoms with Crippen molar-refractivity contribution < 1.29 is 23.8 Å². The van der Waals surface area contributed by atoms with Crippen molar-refractivity contribution in [1.29, 1.82) is 0 Å². The third-order valence-electron chi connectivity index (χ3n) is 4.62. The Bertz CT molecular complexity index is 631. The second-order valence-corrected chi connectivity index (χ2v) is 6.40. The number of hydrogen-bond donors (Lipinski definition) is 2. The number of aliphatic hydroxyl groups is 1. The first-order chi connectivity index (χ1) is 11.5. The van der Waals surface area contributed by atoms with Crippen LogP contribution in [0.2, 0.25) is 0 Å². The minimum Gasteiger partial charge on any atom is -0.389 e. The molecule has 2 N–H and O–H groups in total. The Hall–Kier alpha value is -1.99. The molecular weight excluding hydrogens is 315 g/mol. The number of carbonyl (C=O) groups is 2. The lowest BCUT2D eigenvalue weighted by Crippen LogP contribution is -2.45. The number of nitrogens with one attached hydrogen (secondary N) is 1. The minimum absolute atomic E-state index is 0.0216. The van der Waals surface area contributed by atoms with Crippen LogP contribution in [0.5, 0.6) is 0 Å². The first-order valence-electron chi connectivity index (χ1n) is 8.15. The minimum atomic E-state index is -1.01. The molecule has 0 unspecified atom stereocenters. The fourth-order valence-electron chi connectivity index (χ4n) is 3.34. The van der Waals surface area contributed by atoms with Gasteiger partial charge in [0.25, 0.3) is 5.91 Å². The smallest absolute Gasteiger partial charge is 0.325 e. The van der Waals surface area contributed by atoms with E-state index in [4.69, 9.17) is 4.74 Å². The SMILES string of the molecule is O=C1NC2(CCCC2)C(=O)N1C[C@H](O)COCc1ccccc1F. The molecule has 1 aliphatic heterocycles. The molecule has 1 aromatic rings. The van der Waals surface area contributed by atoms with E-state index in [0.29, 0.717) is 18.4 Å². The Morgan fingerprint density at radius 1 is 1.29 bits per heavy atom. The average Bonchev–Trinajstić information content (AvgIpc) is 3.11. The lowest BCUT2D eigenvalue weighted by molar-refractivity contribution is -0.132. The van der Waals surface area contributed by atoms with Crippen LogP contribution in [0.15, 0.2) is 24.3 Å². The fourth-order valence-corrected chi connectivity index (χ4v) is 3.34. The standard InChI is InChI=1S/C17H21FN2O4/c18-14-6-2-1-5-12(14)10-24-11-13(21)9-20-15(22)17(19-16(20)23)7-3-4-8-17/h1-2,5-6,13,21H,3-4,7-11H2,(H,19,23)/t13-/m0/s1. The largest absolute Gasteiger partial charge is 0.389 e. The van der Waals surface area contributed by atoms with Crippen molar-refractivity contribution in [2.45, 2.75) is 43.9 Å². The summed E-state index contributed by atoms with van der Waals surface area (Å²) in [6.07, 6.45) is 2.10. The third-order valence-corrected chi connectivity index (χ3v) is 4.62. The Labute approximate surface area is 139 Å². The number of ether oxygens (including phenoxy) is 1. The van der Waals surface area contributed by atoms with Crippen molar-refractivity contribution >= 4 is 11.9 Å². The molecule has 130 valence electrons. The van der Waals surface area contributed by atoms with E-state index < -0.39 is 17.7 Å². The first-order valence-corrected chi connectivity index (χ1v) is 8.15. The van der Waals surface area contributed by atoms with Crippen LogP contribution >= 0.6 is 0 Å². The van der Waals surface area contributed by atoms with Gasteiger partial charge in [0.1, 0.15) is 11.4 Å². The van der Waals surface area contributed by atoms with E-state index in [1.165, 1.54) is 6.07 Å².